The Hall–Kier alpha value is -18.4. The lowest BCUT2D eigenvalue weighted by Gasteiger charge is -2.12. The lowest BCUT2D eigenvalue weighted by Crippen LogP contribution is -2.00. The molecule has 0 N–H and O–H groups in total. The largest absolute Gasteiger partial charge is 0.309 e. The van der Waals surface area contributed by atoms with Gasteiger partial charge in [-0.05, 0) is 152 Å². The van der Waals surface area contributed by atoms with E-state index in [4.69, 9.17) is 44.9 Å². The maximum atomic E-state index is 4.95. The van der Waals surface area contributed by atoms with Crippen molar-refractivity contribution in [2.75, 3.05) is 0 Å². The van der Waals surface area contributed by atoms with Gasteiger partial charge in [0, 0.05) is 105 Å². The van der Waals surface area contributed by atoms with E-state index in [-0.39, 0.29) is 0 Å². The molecule has 0 fully saturated rings. The molecule has 0 saturated carbocycles. The number of fused-ring (bicyclic) bond motifs is 15. The second-order valence-corrected chi connectivity index (χ2v) is 33.5. The summed E-state index contributed by atoms with van der Waals surface area (Å²) in [6.07, 6.45) is 0. The second-order valence-electron chi connectivity index (χ2n) is 33.5. The summed E-state index contributed by atoms with van der Waals surface area (Å²) in [7, 11) is 0. The third-order valence-electron chi connectivity index (χ3n) is 25.3. The van der Waals surface area contributed by atoms with Crippen molar-refractivity contribution >= 4 is 97.7 Å². The van der Waals surface area contributed by atoms with Crippen LogP contribution in [0.1, 0.15) is 0 Å². The lowest BCUT2D eigenvalue weighted by molar-refractivity contribution is 1.07. The summed E-state index contributed by atoms with van der Waals surface area (Å²) in [6, 6.07) is 169. The van der Waals surface area contributed by atoms with E-state index in [9.17, 15) is 0 Å². The van der Waals surface area contributed by atoms with Gasteiger partial charge in [-0.2, -0.15) is 0 Å². The van der Waals surface area contributed by atoms with Crippen LogP contribution >= 0.6 is 0 Å². The van der Waals surface area contributed by atoms with Gasteiger partial charge in [0.05, 0.1) is 33.1 Å². The fourth-order valence-corrected chi connectivity index (χ4v) is 19.0. The van der Waals surface area contributed by atoms with Crippen molar-refractivity contribution in [2.24, 2.45) is 0 Å². The molecule has 0 aliphatic rings. The average Bonchev–Trinajstić information content (AvgIpc) is 1.56. The predicted octanol–water partition coefficient (Wildman–Crippen LogP) is 30.7. The molecular formula is C123H80N12. The van der Waals surface area contributed by atoms with Crippen molar-refractivity contribution in [1.82, 2.24) is 58.6 Å². The van der Waals surface area contributed by atoms with Crippen LogP contribution in [0.15, 0.2) is 485 Å². The number of para-hydroxylation sites is 1. The third-order valence-corrected chi connectivity index (χ3v) is 25.3. The zero-order chi connectivity index (χ0) is 89.5. The number of rotatable bonds is 14. The zero-order valence-corrected chi connectivity index (χ0v) is 73.1. The van der Waals surface area contributed by atoms with Crippen molar-refractivity contribution in [1.29, 1.82) is 0 Å². The highest BCUT2D eigenvalue weighted by molar-refractivity contribution is 6.29. The highest BCUT2D eigenvalue weighted by Gasteiger charge is 2.24. The summed E-state index contributed by atoms with van der Waals surface area (Å²) in [5, 5.41) is 15.0. The lowest BCUT2D eigenvalue weighted by atomic mass is 9.98. The van der Waals surface area contributed by atoms with E-state index < -0.39 is 0 Å². The van der Waals surface area contributed by atoms with Crippen LogP contribution in [-0.2, 0) is 0 Å². The molecule has 6 heterocycles. The van der Waals surface area contributed by atoms with Gasteiger partial charge in [-0.25, -0.2) is 44.9 Å². The van der Waals surface area contributed by atoms with Gasteiger partial charge in [-0.1, -0.05) is 382 Å². The van der Waals surface area contributed by atoms with Crippen LogP contribution in [0, 0.1) is 0 Å². The van der Waals surface area contributed by atoms with Crippen molar-refractivity contribution in [2.45, 2.75) is 0 Å². The minimum atomic E-state index is 0.642. The predicted molar refractivity (Wildman–Crippen MR) is 555 cm³/mol. The van der Waals surface area contributed by atoms with E-state index in [0.717, 1.165) is 67.1 Å². The molecule has 26 rings (SSSR count). The molecule has 0 saturated heterocycles. The molecule has 26 aromatic rings. The normalized spacial score (nSPS) is 11.4. The van der Waals surface area contributed by atoms with E-state index in [1.165, 1.54) is 120 Å². The molecular weight excluding hydrogens is 1650 g/mol. The van der Waals surface area contributed by atoms with E-state index in [2.05, 4.69) is 317 Å². The molecule has 135 heavy (non-hydrogen) atoms. The number of nitrogens with zero attached hydrogens (tertiary/aromatic N) is 12. The summed E-state index contributed by atoms with van der Waals surface area (Å²) >= 11 is 0. The van der Waals surface area contributed by atoms with Crippen molar-refractivity contribution in [3.8, 4) is 142 Å². The Morgan fingerprint density at radius 3 is 0.696 bits per heavy atom. The number of hydrogen-bond acceptors (Lipinski definition) is 9. The minimum Gasteiger partial charge on any atom is -0.309 e. The average molecular weight is 1730 g/mol. The minimum absolute atomic E-state index is 0.642. The molecule has 0 unspecified atom stereocenters. The first kappa shape index (κ1) is 80.0. The van der Waals surface area contributed by atoms with Gasteiger partial charge in [-0.3, -0.25) is 0 Å². The van der Waals surface area contributed by atoms with Crippen LogP contribution in [0.5, 0.6) is 0 Å². The number of aromatic nitrogens is 12. The molecule has 0 amide bonds. The Kier molecular flexibility index (Phi) is 20.7. The summed E-state index contributed by atoms with van der Waals surface area (Å²) in [6.45, 7) is 0. The van der Waals surface area contributed by atoms with Gasteiger partial charge in [0.15, 0.2) is 52.4 Å². The monoisotopic (exact) mass is 1720 g/mol. The first-order valence-electron chi connectivity index (χ1n) is 45.3. The SMILES string of the molecule is c1ccc(-c2nc(-c3ccccc3)nc(-c3ccc(-n4c5ccc6ccccc6c5c5c6ccccc6ccc54)cc3)n2)cc1.c1ccc(-c2nc(-c3ccccc3)nc(-c3ccc(-n4c5cccc(-c6ccccc6)c5c5ccc6ccccc6c54)cc3)n2)cc1.c1ccc(-c2nc(-c3ccccc3)nc(-c3ccc(-n4c5ccccc5c5c(-c6ccccc6)cccc54)cc3)n2)cc1. The zero-order valence-electron chi connectivity index (χ0n) is 73.1. The van der Waals surface area contributed by atoms with Crippen LogP contribution in [-0.4, -0.2) is 58.6 Å². The molecule has 20 aromatic carbocycles. The van der Waals surface area contributed by atoms with Crippen LogP contribution in [0.4, 0.5) is 0 Å². The standard InChI is InChI=1S/C43H28N4.C41H26N4.C39H26N4/c1-4-13-29(14-5-1)35-21-12-22-38-39(35)37-28-25-30-15-10-11-20-36(30)40(37)47(38)34-26-23-33(24-27-34)43-45-41(31-16-6-2-7-17-31)44-42(46-43)32-18-8-3-9-19-32;1-3-13-29(14-4-1)39-42-40(30-15-5-2-6-16-30)44-41(43-39)31-19-23-32(24-20-31)45-35-25-21-27-11-7-9-17-33(27)37(35)38-34-18-10-8-12-28(34)22-26-36(38)45;1-4-13-27(14-5-1)32-20-12-22-35-36(32)33-19-10-11-21-34(33)43(35)31-25-23-30(24-26-31)39-41-37(28-15-6-2-7-16-28)40-38(42-39)29-17-8-3-9-18-29/h1-28H;1-26H;1-26H. The maximum absolute atomic E-state index is 4.95. The first-order chi connectivity index (χ1) is 67.0. The van der Waals surface area contributed by atoms with E-state index in [1.807, 2.05) is 182 Å². The van der Waals surface area contributed by atoms with Gasteiger partial charge < -0.3 is 13.7 Å². The maximum Gasteiger partial charge on any atom is 0.164 e. The summed E-state index contributed by atoms with van der Waals surface area (Å²) in [5.41, 5.74) is 23.8. The summed E-state index contributed by atoms with van der Waals surface area (Å²) in [4.78, 5) is 44.1. The fourth-order valence-electron chi connectivity index (χ4n) is 19.0. The first-order valence-corrected chi connectivity index (χ1v) is 45.3. The van der Waals surface area contributed by atoms with Gasteiger partial charge in [0.1, 0.15) is 0 Å². The molecule has 6 aromatic heterocycles. The van der Waals surface area contributed by atoms with Crippen LogP contribution in [0.25, 0.3) is 240 Å². The number of hydrogen-bond donors (Lipinski definition) is 0. The Bertz CT molecular complexity index is 8640. The summed E-state index contributed by atoms with van der Waals surface area (Å²) in [5.74, 6) is 5.87. The third kappa shape index (κ3) is 15.1. The highest BCUT2D eigenvalue weighted by atomic mass is 15.1. The van der Waals surface area contributed by atoms with Gasteiger partial charge in [-0.15, -0.1) is 0 Å². The fraction of sp³-hybridized carbons (Fsp3) is 0. The molecule has 12 heteroatoms. The van der Waals surface area contributed by atoms with E-state index in [0.29, 0.717) is 52.4 Å². The van der Waals surface area contributed by atoms with Crippen LogP contribution < -0.4 is 0 Å². The Labute approximate surface area is 778 Å². The van der Waals surface area contributed by atoms with Gasteiger partial charge in [0.2, 0.25) is 0 Å². The molecule has 0 bridgehead atoms. The van der Waals surface area contributed by atoms with Gasteiger partial charge in [0.25, 0.3) is 0 Å². The van der Waals surface area contributed by atoms with Crippen molar-refractivity contribution in [3.05, 3.63) is 485 Å². The smallest absolute Gasteiger partial charge is 0.164 e. The van der Waals surface area contributed by atoms with E-state index in [1.54, 1.807) is 0 Å². The molecule has 0 spiro atoms. The molecule has 0 aliphatic carbocycles. The molecule has 0 atom stereocenters. The Morgan fingerprint density at radius 2 is 0.356 bits per heavy atom. The van der Waals surface area contributed by atoms with E-state index >= 15 is 0 Å². The van der Waals surface area contributed by atoms with Crippen molar-refractivity contribution in [3.63, 3.8) is 0 Å². The van der Waals surface area contributed by atoms with Gasteiger partial charge >= 0.3 is 0 Å². The van der Waals surface area contributed by atoms with Crippen LogP contribution in [0.2, 0.25) is 0 Å². The molecule has 632 valence electrons. The summed E-state index contributed by atoms with van der Waals surface area (Å²) < 4.78 is 7.13. The number of benzene rings is 20. The van der Waals surface area contributed by atoms with Crippen LogP contribution in [0.3, 0.4) is 0 Å². The Balaban J connectivity index is 0.000000111. The topological polar surface area (TPSA) is 131 Å². The molecule has 12 nitrogen and oxygen atoms in total. The quantitative estimate of drug-likeness (QED) is 0.104. The second kappa shape index (κ2) is 34.9. The Morgan fingerprint density at radius 1 is 0.126 bits per heavy atom. The molecule has 0 aliphatic heterocycles. The van der Waals surface area contributed by atoms with Crippen molar-refractivity contribution < 1.29 is 0 Å². The molecule has 0 radical (unpaired) electrons. The highest BCUT2D eigenvalue weighted by Crippen LogP contribution is 2.46.